The molecule has 1 N–H and O–H groups in total. The molecule has 0 unspecified atom stereocenters. The standard InChI is InChI=1S/C17H25N5.ClH/c1-18-10-7-15-8-11-21(12-9-15)13-16-14-22(20-19-16)17-5-3-2-4-6-17;/h2-6,14-15,18H,7-13H2,1H3;1H. The zero-order valence-electron chi connectivity index (χ0n) is 13.7. The predicted octanol–water partition coefficient (Wildman–Crippen LogP) is 2.51. The van der Waals surface area contributed by atoms with Crippen LogP contribution in [0.4, 0.5) is 0 Å². The Kier molecular flexibility index (Phi) is 7.02. The highest BCUT2D eigenvalue weighted by Gasteiger charge is 2.19. The molecule has 0 radical (unpaired) electrons. The van der Waals surface area contributed by atoms with Crippen LogP contribution in [-0.2, 0) is 6.54 Å². The van der Waals surface area contributed by atoms with Gasteiger partial charge in [-0.3, -0.25) is 4.90 Å². The highest BCUT2D eigenvalue weighted by molar-refractivity contribution is 5.85. The van der Waals surface area contributed by atoms with Gasteiger partial charge in [0.15, 0.2) is 0 Å². The topological polar surface area (TPSA) is 46.0 Å². The number of hydrogen-bond donors (Lipinski definition) is 1. The minimum atomic E-state index is 0. The molecule has 2 aromatic rings. The third-order valence-electron chi connectivity index (χ3n) is 4.46. The van der Waals surface area contributed by atoms with Gasteiger partial charge in [0.1, 0.15) is 0 Å². The fraction of sp³-hybridized carbons (Fsp3) is 0.529. The second-order valence-electron chi connectivity index (χ2n) is 6.10. The van der Waals surface area contributed by atoms with E-state index in [2.05, 4.69) is 20.5 Å². The average Bonchev–Trinajstić information content (AvgIpc) is 3.04. The van der Waals surface area contributed by atoms with Crippen molar-refractivity contribution >= 4 is 12.4 Å². The lowest BCUT2D eigenvalue weighted by Gasteiger charge is -2.31. The molecule has 1 saturated heterocycles. The first-order valence-electron chi connectivity index (χ1n) is 8.19. The summed E-state index contributed by atoms with van der Waals surface area (Å²) < 4.78 is 1.86. The third-order valence-corrected chi connectivity index (χ3v) is 4.46. The molecule has 126 valence electrons. The van der Waals surface area contributed by atoms with Gasteiger partial charge in [-0.1, -0.05) is 23.4 Å². The Morgan fingerprint density at radius 3 is 2.61 bits per heavy atom. The Morgan fingerprint density at radius 2 is 1.91 bits per heavy atom. The van der Waals surface area contributed by atoms with Gasteiger partial charge in [-0.2, -0.15) is 0 Å². The lowest BCUT2D eigenvalue weighted by Crippen LogP contribution is -2.34. The fourth-order valence-corrected chi connectivity index (χ4v) is 3.09. The quantitative estimate of drug-likeness (QED) is 0.881. The van der Waals surface area contributed by atoms with Crippen LogP contribution in [0.25, 0.3) is 5.69 Å². The van der Waals surface area contributed by atoms with E-state index in [1.54, 1.807) is 0 Å². The SMILES string of the molecule is CNCCC1CCN(Cc2cn(-c3ccccc3)nn2)CC1.Cl. The summed E-state index contributed by atoms with van der Waals surface area (Å²) in [6, 6.07) is 10.1. The maximum absolute atomic E-state index is 4.32. The number of piperidine rings is 1. The van der Waals surface area contributed by atoms with Gasteiger partial charge in [-0.05, 0) is 64.0 Å². The van der Waals surface area contributed by atoms with E-state index in [0.717, 1.165) is 30.4 Å². The molecule has 3 rings (SSSR count). The highest BCUT2D eigenvalue weighted by atomic mass is 35.5. The number of hydrogen-bond acceptors (Lipinski definition) is 4. The van der Waals surface area contributed by atoms with E-state index in [4.69, 9.17) is 0 Å². The van der Waals surface area contributed by atoms with E-state index in [1.165, 1.54) is 32.4 Å². The molecule has 1 aromatic heterocycles. The zero-order valence-corrected chi connectivity index (χ0v) is 14.5. The molecule has 0 bridgehead atoms. The number of likely N-dealkylation sites (tertiary alicyclic amines) is 1. The van der Waals surface area contributed by atoms with Crippen molar-refractivity contribution in [2.45, 2.75) is 25.8 Å². The molecule has 6 heteroatoms. The molecule has 0 amide bonds. The molecular weight excluding hydrogens is 310 g/mol. The van der Waals surface area contributed by atoms with Crippen molar-refractivity contribution in [1.29, 1.82) is 0 Å². The number of aromatic nitrogens is 3. The van der Waals surface area contributed by atoms with Gasteiger partial charge in [-0.25, -0.2) is 4.68 Å². The van der Waals surface area contributed by atoms with E-state index in [1.807, 2.05) is 48.3 Å². The molecule has 0 atom stereocenters. The summed E-state index contributed by atoms with van der Waals surface area (Å²) in [5, 5.41) is 11.8. The van der Waals surface area contributed by atoms with Crippen molar-refractivity contribution in [2.75, 3.05) is 26.7 Å². The summed E-state index contributed by atoms with van der Waals surface area (Å²) in [4.78, 5) is 2.50. The largest absolute Gasteiger partial charge is 0.320 e. The maximum Gasteiger partial charge on any atom is 0.0971 e. The van der Waals surface area contributed by atoms with Crippen LogP contribution in [0.5, 0.6) is 0 Å². The van der Waals surface area contributed by atoms with Gasteiger partial charge >= 0.3 is 0 Å². The number of para-hydroxylation sites is 1. The number of nitrogens with one attached hydrogen (secondary N) is 1. The molecule has 1 aromatic carbocycles. The Labute approximate surface area is 144 Å². The normalized spacial score (nSPS) is 16.2. The van der Waals surface area contributed by atoms with Gasteiger partial charge < -0.3 is 5.32 Å². The van der Waals surface area contributed by atoms with Crippen molar-refractivity contribution in [3.63, 3.8) is 0 Å². The van der Waals surface area contributed by atoms with Crippen LogP contribution >= 0.6 is 12.4 Å². The van der Waals surface area contributed by atoms with Gasteiger partial charge in [-0.15, -0.1) is 17.5 Å². The van der Waals surface area contributed by atoms with E-state index in [-0.39, 0.29) is 12.4 Å². The molecule has 5 nitrogen and oxygen atoms in total. The predicted molar refractivity (Wildman–Crippen MR) is 95.2 cm³/mol. The Bertz CT molecular complexity index is 563. The van der Waals surface area contributed by atoms with E-state index >= 15 is 0 Å². The molecule has 0 spiro atoms. The van der Waals surface area contributed by atoms with Crippen molar-refractivity contribution in [3.05, 3.63) is 42.2 Å². The maximum atomic E-state index is 4.32. The average molecular weight is 336 g/mol. The van der Waals surface area contributed by atoms with Crippen LogP contribution < -0.4 is 5.32 Å². The molecule has 1 aliphatic heterocycles. The molecule has 23 heavy (non-hydrogen) atoms. The van der Waals surface area contributed by atoms with E-state index in [9.17, 15) is 0 Å². The number of nitrogens with zero attached hydrogens (tertiary/aromatic N) is 4. The summed E-state index contributed by atoms with van der Waals surface area (Å²) in [5.41, 5.74) is 2.12. The number of rotatable bonds is 6. The smallest absolute Gasteiger partial charge is 0.0971 e. The van der Waals surface area contributed by atoms with E-state index < -0.39 is 0 Å². The second kappa shape index (κ2) is 9.01. The van der Waals surface area contributed by atoms with Crippen molar-refractivity contribution < 1.29 is 0 Å². The summed E-state index contributed by atoms with van der Waals surface area (Å²) >= 11 is 0. The van der Waals surface area contributed by atoms with Gasteiger partial charge in [0.25, 0.3) is 0 Å². The van der Waals surface area contributed by atoms with Gasteiger partial charge in [0.05, 0.1) is 17.6 Å². The lowest BCUT2D eigenvalue weighted by molar-refractivity contribution is 0.170. The second-order valence-corrected chi connectivity index (χ2v) is 6.10. The van der Waals surface area contributed by atoms with E-state index in [0.29, 0.717) is 0 Å². The first-order chi connectivity index (χ1) is 10.8. The minimum Gasteiger partial charge on any atom is -0.320 e. The van der Waals surface area contributed by atoms with Crippen LogP contribution in [0.3, 0.4) is 0 Å². The third kappa shape index (κ3) is 5.03. The van der Waals surface area contributed by atoms with Crippen LogP contribution in [0.15, 0.2) is 36.5 Å². The van der Waals surface area contributed by atoms with Gasteiger partial charge in [0, 0.05) is 6.54 Å². The van der Waals surface area contributed by atoms with Crippen molar-refractivity contribution in [3.8, 4) is 5.69 Å². The molecule has 2 heterocycles. The minimum absolute atomic E-state index is 0. The zero-order chi connectivity index (χ0) is 15.2. The Morgan fingerprint density at radius 1 is 1.17 bits per heavy atom. The van der Waals surface area contributed by atoms with Crippen LogP contribution in [0.2, 0.25) is 0 Å². The Hall–Kier alpha value is -1.43. The number of halogens is 1. The molecule has 0 aliphatic carbocycles. The van der Waals surface area contributed by atoms with Crippen LogP contribution in [0, 0.1) is 5.92 Å². The summed E-state index contributed by atoms with van der Waals surface area (Å²) in [6.45, 7) is 4.39. The Balaban J connectivity index is 0.00000192. The monoisotopic (exact) mass is 335 g/mol. The summed E-state index contributed by atoms with van der Waals surface area (Å²) in [6.07, 6.45) is 5.94. The summed E-state index contributed by atoms with van der Waals surface area (Å²) in [7, 11) is 2.03. The highest BCUT2D eigenvalue weighted by Crippen LogP contribution is 2.21. The first-order valence-corrected chi connectivity index (χ1v) is 8.19. The van der Waals surface area contributed by atoms with Crippen LogP contribution in [0.1, 0.15) is 25.0 Å². The lowest BCUT2D eigenvalue weighted by atomic mass is 9.93. The van der Waals surface area contributed by atoms with Crippen molar-refractivity contribution in [1.82, 2.24) is 25.2 Å². The molecule has 0 saturated carbocycles. The molecule has 1 aliphatic rings. The fourth-order valence-electron chi connectivity index (χ4n) is 3.09. The molecular formula is C17H26ClN5. The van der Waals surface area contributed by atoms with Crippen LogP contribution in [-0.4, -0.2) is 46.6 Å². The summed E-state index contributed by atoms with van der Waals surface area (Å²) in [5.74, 6) is 0.878. The molecule has 1 fully saturated rings. The number of benzene rings is 1. The van der Waals surface area contributed by atoms with Crippen molar-refractivity contribution in [2.24, 2.45) is 5.92 Å². The first kappa shape index (κ1) is 17.9. The van der Waals surface area contributed by atoms with Gasteiger partial charge in [0.2, 0.25) is 0 Å².